The van der Waals surface area contributed by atoms with Crippen LogP contribution in [0.5, 0.6) is 5.75 Å². The third-order valence-electron chi connectivity index (χ3n) is 2.13. The second-order valence-electron chi connectivity index (χ2n) is 3.23. The molecule has 0 radical (unpaired) electrons. The first kappa shape index (κ1) is 13.2. The smallest absolute Gasteiger partial charge is 0.118 e. The van der Waals surface area contributed by atoms with Gasteiger partial charge >= 0.3 is 0 Å². The van der Waals surface area contributed by atoms with Crippen LogP contribution in [0, 0.1) is 6.92 Å². The van der Waals surface area contributed by atoms with Gasteiger partial charge in [0.25, 0.3) is 0 Å². The fourth-order valence-electron chi connectivity index (χ4n) is 1.26. The van der Waals surface area contributed by atoms with Crippen molar-refractivity contribution < 1.29 is 5.11 Å². The van der Waals surface area contributed by atoms with Gasteiger partial charge in [-0.05, 0) is 37.1 Å². The Hall–Kier alpha value is -0.770. The molecule has 14 heavy (non-hydrogen) atoms. The molecule has 0 saturated carbocycles. The minimum atomic E-state index is -0.0238. The molecule has 1 atom stereocenters. The molecule has 0 aliphatic carbocycles. The lowest BCUT2D eigenvalue weighted by molar-refractivity contribution is 0.470. The molecule has 80 valence electrons. The van der Waals surface area contributed by atoms with Crippen molar-refractivity contribution in [2.75, 3.05) is 6.54 Å². The Kier molecular flexibility index (Phi) is 5.53. The van der Waals surface area contributed by atoms with Crippen LogP contribution in [0.3, 0.4) is 0 Å². The summed E-state index contributed by atoms with van der Waals surface area (Å²) in [6, 6.07) is 5.38. The summed E-state index contributed by atoms with van der Waals surface area (Å²) in [5, 5.41) is 9.29. The average molecular weight is 217 g/mol. The fourth-order valence-corrected chi connectivity index (χ4v) is 1.26. The van der Waals surface area contributed by atoms with Crippen molar-refractivity contribution in [3.8, 4) is 5.75 Å². The third-order valence-corrected chi connectivity index (χ3v) is 2.13. The summed E-state index contributed by atoms with van der Waals surface area (Å²) < 4.78 is 0. The topological polar surface area (TPSA) is 72.3 Å². The lowest BCUT2D eigenvalue weighted by Gasteiger charge is -2.11. The van der Waals surface area contributed by atoms with Crippen molar-refractivity contribution in [2.45, 2.75) is 19.4 Å². The number of aryl methyl sites for hydroxylation is 1. The number of phenolic OH excluding ortho intramolecular Hbond substituents is 1. The van der Waals surface area contributed by atoms with Crippen molar-refractivity contribution >= 4 is 12.4 Å². The van der Waals surface area contributed by atoms with Crippen LogP contribution >= 0.6 is 12.4 Å². The van der Waals surface area contributed by atoms with E-state index in [9.17, 15) is 5.11 Å². The molecule has 0 spiro atoms. The fraction of sp³-hybridized carbons (Fsp3) is 0.400. The Morgan fingerprint density at radius 3 is 2.57 bits per heavy atom. The zero-order valence-electron chi connectivity index (χ0n) is 8.23. The van der Waals surface area contributed by atoms with Gasteiger partial charge in [0.05, 0.1) is 0 Å². The van der Waals surface area contributed by atoms with Crippen molar-refractivity contribution in [1.82, 2.24) is 0 Å². The quantitative estimate of drug-likeness (QED) is 0.717. The van der Waals surface area contributed by atoms with Crippen molar-refractivity contribution in [3.63, 3.8) is 0 Å². The molecular weight excluding hydrogens is 200 g/mol. The van der Waals surface area contributed by atoms with Gasteiger partial charge in [0.1, 0.15) is 5.75 Å². The van der Waals surface area contributed by atoms with E-state index in [-0.39, 0.29) is 18.4 Å². The molecule has 1 aromatic carbocycles. The maximum atomic E-state index is 9.29. The van der Waals surface area contributed by atoms with E-state index >= 15 is 0 Å². The van der Waals surface area contributed by atoms with Gasteiger partial charge in [-0.15, -0.1) is 12.4 Å². The van der Waals surface area contributed by atoms with Crippen LogP contribution in [0.15, 0.2) is 18.2 Å². The number of hydrogen-bond donors (Lipinski definition) is 3. The monoisotopic (exact) mass is 216 g/mol. The van der Waals surface area contributed by atoms with Crippen LogP contribution in [0.25, 0.3) is 0 Å². The number of nitrogens with two attached hydrogens (primary N) is 2. The molecule has 1 aromatic rings. The van der Waals surface area contributed by atoms with Crippen LogP contribution in [-0.4, -0.2) is 11.7 Å². The van der Waals surface area contributed by atoms with Gasteiger partial charge < -0.3 is 16.6 Å². The summed E-state index contributed by atoms with van der Waals surface area (Å²) in [6.45, 7) is 2.44. The van der Waals surface area contributed by atoms with Gasteiger partial charge in [0.2, 0.25) is 0 Å². The molecule has 0 heterocycles. The molecule has 3 nitrogen and oxygen atoms in total. The molecule has 0 amide bonds. The Morgan fingerprint density at radius 2 is 2.07 bits per heavy atom. The van der Waals surface area contributed by atoms with Crippen LogP contribution in [0.1, 0.15) is 23.6 Å². The maximum Gasteiger partial charge on any atom is 0.118 e. The number of benzene rings is 1. The zero-order chi connectivity index (χ0) is 9.84. The van der Waals surface area contributed by atoms with Crippen molar-refractivity contribution in [2.24, 2.45) is 11.5 Å². The Morgan fingerprint density at radius 1 is 1.43 bits per heavy atom. The first-order valence-electron chi connectivity index (χ1n) is 4.40. The van der Waals surface area contributed by atoms with Crippen LogP contribution in [0.4, 0.5) is 0 Å². The van der Waals surface area contributed by atoms with E-state index < -0.39 is 0 Å². The summed E-state index contributed by atoms with van der Waals surface area (Å²) in [5.74, 6) is 0.309. The Labute approximate surface area is 90.5 Å². The zero-order valence-corrected chi connectivity index (χ0v) is 9.05. The number of aromatic hydroxyl groups is 1. The highest BCUT2D eigenvalue weighted by Gasteiger charge is 2.05. The second-order valence-corrected chi connectivity index (χ2v) is 3.23. The molecule has 0 aromatic heterocycles. The largest absolute Gasteiger partial charge is 0.508 e. The first-order chi connectivity index (χ1) is 6.15. The molecule has 0 fully saturated rings. The molecular formula is C10H17ClN2O. The lowest BCUT2D eigenvalue weighted by Crippen LogP contribution is -2.15. The van der Waals surface area contributed by atoms with E-state index in [1.54, 1.807) is 6.07 Å². The summed E-state index contributed by atoms with van der Waals surface area (Å²) >= 11 is 0. The average Bonchev–Trinajstić information content (AvgIpc) is 2.10. The van der Waals surface area contributed by atoms with E-state index in [0.717, 1.165) is 17.5 Å². The van der Waals surface area contributed by atoms with Crippen LogP contribution in [0.2, 0.25) is 0 Å². The first-order valence-corrected chi connectivity index (χ1v) is 4.40. The second kappa shape index (κ2) is 5.86. The number of rotatable bonds is 3. The van der Waals surface area contributed by atoms with Gasteiger partial charge in [0, 0.05) is 6.04 Å². The number of phenols is 1. The summed E-state index contributed by atoms with van der Waals surface area (Å²) in [7, 11) is 0. The van der Waals surface area contributed by atoms with Gasteiger partial charge in [-0.25, -0.2) is 0 Å². The van der Waals surface area contributed by atoms with Crippen LogP contribution in [-0.2, 0) is 0 Å². The highest BCUT2D eigenvalue weighted by molar-refractivity contribution is 5.85. The van der Waals surface area contributed by atoms with Gasteiger partial charge in [0.15, 0.2) is 0 Å². The molecule has 0 bridgehead atoms. The van der Waals surface area contributed by atoms with E-state index in [4.69, 9.17) is 11.5 Å². The molecule has 0 unspecified atom stereocenters. The standard InChI is InChI=1S/C10H16N2O.ClH/c1-7-6-8(2-3-10(7)13)9(12)4-5-11;/h2-3,6,9,13H,4-5,11-12H2,1H3;1H/t9-;/m0./s1. The van der Waals surface area contributed by atoms with Gasteiger partial charge in [-0.2, -0.15) is 0 Å². The van der Waals surface area contributed by atoms with E-state index in [2.05, 4.69) is 0 Å². The molecule has 4 heteroatoms. The van der Waals surface area contributed by atoms with Gasteiger partial charge in [-0.3, -0.25) is 0 Å². The molecule has 5 N–H and O–H groups in total. The lowest BCUT2D eigenvalue weighted by atomic mass is 10.0. The normalized spacial score (nSPS) is 11.9. The van der Waals surface area contributed by atoms with E-state index in [1.807, 2.05) is 19.1 Å². The minimum Gasteiger partial charge on any atom is -0.508 e. The third kappa shape index (κ3) is 3.18. The van der Waals surface area contributed by atoms with E-state index in [0.29, 0.717) is 12.3 Å². The number of hydrogen-bond acceptors (Lipinski definition) is 3. The molecule has 0 aliphatic rings. The van der Waals surface area contributed by atoms with Crippen molar-refractivity contribution in [3.05, 3.63) is 29.3 Å². The Balaban J connectivity index is 0.00000169. The maximum absolute atomic E-state index is 9.29. The molecule has 0 saturated heterocycles. The Bertz CT molecular complexity index is 291. The van der Waals surface area contributed by atoms with Crippen molar-refractivity contribution in [1.29, 1.82) is 0 Å². The summed E-state index contributed by atoms with van der Waals surface area (Å²) in [4.78, 5) is 0. The summed E-state index contributed by atoms with van der Waals surface area (Å²) in [5.41, 5.74) is 13.1. The van der Waals surface area contributed by atoms with Gasteiger partial charge in [-0.1, -0.05) is 12.1 Å². The predicted octanol–water partition coefficient (Wildman–Crippen LogP) is 1.47. The minimum absolute atomic E-state index is 0. The predicted molar refractivity (Wildman–Crippen MR) is 60.7 cm³/mol. The number of halogens is 1. The summed E-state index contributed by atoms with van der Waals surface area (Å²) in [6.07, 6.45) is 0.768. The molecule has 0 aliphatic heterocycles. The highest BCUT2D eigenvalue weighted by Crippen LogP contribution is 2.21. The SMILES string of the molecule is Cc1cc([C@@H](N)CCN)ccc1O.Cl. The van der Waals surface area contributed by atoms with Crippen LogP contribution < -0.4 is 11.5 Å². The highest BCUT2D eigenvalue weighted by atomic mass is 35.5. The van der Waals surface area contributed by atoms with E-state index in [1.165, 1.54) is 0 Å². The molecule has 1 rings (SSSR count).